The fraction of sp³-hybridized carbons (Fsp3) is 0.667. The highest BCUT2D eigenvalue weighted by Crippen LogP contribution is 2.34. The average molecular weight is 275 g/mol. The summed E-state index contributed by atoms with van der Waals surface area (Å²) in [6.07, 6.45) is 7.32. The molecule has 0 saturated heterocycles. The second-order valence-corrected chi connectivity index (χ2v) is 6.35. The molecule has 20 heavy (non-hydrogen) atoms. The third-order valence-electron chi connectivity index (χ3n) is 4.41. The van der Waals surface area contributed by atoms with E-state index in [9.17, 15) is 0 Å². The summed E-state index contributed by atoms with van der Waals surface area (Å²) in [6, 6.07) is 10.7. The van der Waals surface area contributed by atoms with Crippen LogP contribution in [-0.2, 0) is 11.2 Å². The summed E-state index contributed by atoms with van der Waals surface area (Å²) in [5.41, 5.74) is 1.50. The molecule has 2 atom stereocenters. The smallest absolute Gasteiger partial charge is 0.0808 e. The van der Waals surface area contributed by atoms with E-state index in [2.05, 4.69) is 42.6 Å². The first kappa shape index (κ1) is 15.5. The standard InChI is InChI=1S/C18H29NO/c1-16-8-6-12-18(14-16,15-19-2)20-13-7-11-17-9-4-3-5-10-17/h3-5,9-10,16,19H,6-8,11-15H2,1-2H3. The zero-order valence-electron chi connectivity index (χ0n) is 13.0. The number of aryl methyl sites for hydroxylation is 1. The van der Waals surface area contributed by atoms with E-state index < -0.39 is 0 Å². The number of hydrogen-bond acceptors (Lipinski definition) is 2. The van der Waals surface area contributed by atoms with Crippen LogP contribution in [0.4, 0.5) is 0 Å². The molecule has 0 heterocycles. The lowest BCUT2D eigenvalue weighted by atomic mass is 9.78. The highest BCUT2D eigenvalue weighted by atomic mass is 16.5. The second-order valence-electron chi connectivity index (χ2n) is 6.35. The maximum absolute atomic E-state index is 6.34. The van der Waals surface area contributed by atoms with Crippen molar-refractivity contribution < 1.29 is 4.74 Å². The summed E-state index contributed by atoms with van der Waals surface area (Å²) in [5.74, 6) is 0.797. The maximum Gasteiger partial charge on any atom is 0.0808 e. The van der Waals surface area contributed by atoms with Crippen LogP contribution in [0.1, 0.15) is 44.6 Å². The molecule has 1 fully saturated rings. The van der Waals surface area contributed by atoms with Gasteiger partial charge in [0.25, 0.3) is 0 Å². The van der Waals surface area contributed by atoms with Crippen molar-refractivity contribution in [2.24, 2.45) is 5.92 Å². The van der Waals surface area contributed by atoms with Crippen molar-refractivity contribution in [2.75, 3.05) is 20.2 Å². The second kappa shape index (κ2) is 7.80. The first-order valence-electron chi connectivity index (χ1n) is 8.07. The molecule has 2 unspecified atom stereocenters. The van der Waals surface area contributed by atoms with Crippen molar-refractivity contribution in [3.05, 3.63) is 35.9 Å². The van der Waals surface area contributed by atoms with Gasteiger partial charge in [0.15, 0.2) is 0 Å². The molecule has 2 nitrogen and oxygen atoms in total. The van der Waals surface area contributed by atoms with Crippen LogP contribution in [0, 0.1) is 5.92 Å². The van der Waals surface area contributed by atoms with Crippen LogP contribution >= 0.6 is 0 Å². The SMILES string of the molecule is CNCC1(OCCCc2ccccc2)CCCC(C)C1. The third kappa shape index (κ3) is 4.60. The molecule has 1 saturated carbocycles. The lowest BCUT2D eigenvalue weighted by Gasteiger charge is -2.40. The number of ether oxygens (including phenoxy) is 1. The summed E-state index contributed by atoms with van der Waals surface area (Å²) in [5, 5.41) is 3.33. The molecule has 1 N–H and O–H groups in total. The molecular formula is C18H29NO. The summed E-state index contributed by atoms with van der Waals surface area (Å²) in [4.78, 5) is 0. The van der Waals surface area contributed by atoms with E-state index in [1.807, 2.05) is 7.05 Å². The Hall–Kier alpha value is -0.860. The van der Waals surface area contributed by atoms with E-state index >= 15 is 0 Å². The Balaban J connectivity index is 1.77. The van der Waals surface area contributed by atoms with Gasteiger partial charge in [0.2, 0.25) is 0 Å². The van der Waals surface area contributed by atoms with Gasteiger partial charge < -0.3 is 10.1 Å². The Kier molecular flexibility index (Phi) is 6.06. The van der Waals surface area contributed by atoms with E-state index in [4.69, 9.17) is 4.74 Å². The maximum atomic E-state index is 6.34. The minimum absolute atomic E-state index is 0.0864. The molecule has 2 heteroatoms. The largest absolute Gasteiger partial charge is 0.374 e. The van der Waals surface area contributed by atoms with Gasteiger partial charge in [-0.15, -0.1) is 0 Å². The normalized spacial score (nSPS) is 26.6. The Morgan fingerprint density at radius 2 is 2.10 bits per heavy atom. The van der Waals surface area contributed by atoms with Gasteiger partial charge in [-0.25, -0.2) is 0 Å². The zero-order valence-corrected chi connectivity index (χ0v) is 13.0. The van der Waals surface area contributed by atoms with Crippen molar-refractivity contribution in [3.8, 4) is 0 Å². The van der Waals surface area contributed by atoms with Gasteiger partial charge in [-0.1, -0.05) is 50.1 Å². The number of nitrogens with one attached hydrogen (secondary N) is 1. The van der Waals surface area contributed by atoms with Gasteiger partial charge in [-0.3, -0.25) is 0 Å². The Morgan fingerprint density at radius 3 is 2.80 bits per heavy atom. The highest BCUT2D eigenvalue weighted by Gasteiger charge is 2.35. The quantitative estimate of drug-likeness (QED) is 0.764. The zero-order chi connectivity index (χ0) is 14.3. The lowest BCUT2D eigenvalue weighted by Crippen LogP contribution is -2.45. The van der Waals surface area contributed by atoms with E-state index in [-0.39, 0.29) is 5.60 Å². The van der Waals surface area contributed by atoms with Crippen molar-refractivity contribution in [3.63, 3.8) is 0 Å². The van der Waals surface area contributed by atoms with Crippen LogP contribution in [-0.4, -0.2) is 25.8 Å². The fourth-order valence-electron chi connectivity index (χ4n) is 3.49. The minimum Gasteiger partial charge on any atom is -0.374 e. The van der Waals surface area contributed by atoms with Crippen LogP contribution in [0.3, 0.4) is 0 Å². The molecule has 1 aromatic rings. The van der Waals surface area contributed by atoms with Gasteiger partial charge >= 0.3 is 0 Å². The molecule has 0 spiro atoms. The van der Waals surface area contributed by atoms with Crippen molar-refractivity contribution in [1.82, 2.24) is 5.32 Å². The highest BCUT2D eigenvalue weighted by molar-refractivity contribution is 5.14. The summed E-state index contributed by atoms with van der Waals surface area (Å²) in [7, 11) is 2.04. The number of hydrogen-bond donors (Lipinski definition) is 1. The molecule has 0 aliphatic heterocycles. The molecule has 1 aliphatic rings. The topological polar surface area (TPSA) is 21.3 Å². The number of likely N-dealkylation sites (N-methyl/N-ethyl adjacent to an activating group) is 1. The first-order chi connectivity index (χ1) is 9.74. The van der Waals surface area contributed by atoms with Crippen molar-refractivity contribution in [1.29, 1.82) is 0 Å². The number of rotatable bonds is 7. The van der Waals surface area contributed by atoms with E-state index in [1.165, 1.54) is 31.2 Å². The molecular weight excluding hydrogens is 246 g/mol. The summed E-state index contributed by atoms with van der Waals surface area (Å²) in [6.45, 7) is 4.23. The Labute approximate surface area is 123 Å². The van der Waals surface area contributed by atoms with Gasteiger partial charge in [0, 0.05) is 13.2 Å². The molecule has 0 radical (unpaired) electrons. The van der Waals surface area contributed by atoms with E-state index in [0.717, 1.165) is 31.9 Å². The van der Waals surface area contributed by atoms with Gasteiger partial charge in [0.1, 0.15) is 0 Å². The van der Waals surface area contributed by atoms with Crippen LogP contribution in [0.5, 0.6) is 0 Å². The predicted octanol–water partition coefficient (Wildman–Crippen LogP) is 3.80. The summed E-state index contributed by atoms with van der Waals surface area (Å²) >= 11 is 0. The van der Waals surface area contributed by atoms with Crippen LogP contribution in [0.15, 0.2) is 30.3 Å². The van der Waals surface area contributed by atoms with Gasteiger partial charge in [-0.2, -0.15) is 0 Å². The van der Waals surface area contributed by atoms with Crippen LogP contribution < -0.4 is 5.32 Å². The Bertz CT molecular complexity index is 374. The van der Waals surface area contributed by atoms with E-state index in [0.29, 0.717) is 0 Å². The van der Waals surface area contributed by atoms with Crippen LogP contribution in [0.2, 0.25) is 0 Å². The minimum atomic E-state index is 0.0864. The van der Waals surface area contributed by atoms with Crippen molar-refractivity contribution >= 4 is 0 Å². The molecule has 1 aromatic carbocycles. The third-order valence-corrected chi connectivity index (χ3v) is 4.41. The molecule has 2 rings (SSSR count). The van der Waals surface area contributed by atoms with Crippen molar-refractivity contribution in [2.45, 2.75) is 51.0 Å². The molecule has 0 amide bonds. The predicted molar refractivity (Wildman–Crippen MR) is 85.0 cm³/mol. The Morgan fingerprint density at radius 1 is 1.30 bits per heavy atom. The van der Waals surface area contributed by atoms with E-state index in [1.54, 1.807) is 0 Å². The summed E-state index contributed by atoms with van der Waals surface area (Å²) < 4.78 is 6.34. The lowest BCUT2D eigenvalue weighted by molar-refractivity contribution is -0.0789. The fourth-order valence-corrected chi connectivity index (χ4v) is 3.49. The molecule has 0 aromatic heterocycles. The van der Waals surface area contributed by atoms with Crippen LogP contribution in [0.25, 0.3) is 0 Å². The first-order valence-corrected chi connectivity index (χ1v) is 8.07. The molecule has 1 aliphatic carbocycles. The molecule has 0 bridgehead atoms. The monoisotopic (exact) mass is 275 g/mol. The average Bonchev–Trinajstić information content (AvgIpc) is 2.45. The van der Waals surface area contributed by atoms with Gasteiger partial charge in [-0.05, 0) is 44.2 Å². The molecule has 112 valence electrons. The van der Waals surface area contributed by atoms with Gasteiger partial charge in [0.05, 0.1) is 5.60 Å². The number of benzene rings is 1.